The molecule has 3 aliphatic rings. The maximum absolute atomic E-state index is 12.7. The number of rotatable bonds is 2. The highest BCUT2D eigenvalue weighted by atomic mass is 35.5. The molecular weight excluding hydrogens is 448 g/mol. The highest BCUT2D eigenvalue weighted by molar-refractivity contribution is 8.16. The first-order chi connectivity index (χ1) is 14.4. The van der Waals surface area contributed by atoms with Crippen LogP contribution in [0.5, 0.6) is 11.5 Å². The fraction of sp³-hybridized carbons (Fsp3) is 0.300. The zero-order valence-electron chi connectivity index (χ0n) is 15.7. The molecule has 0 bridgehead atoms. The molecule has 0 aromatic heterocycles. The monoisotopic (exact) mass is 464 g/mol. The highest BCUT2D eigenvalue weighted by Crippen LogP contribution is 2.43. The van der Waals surface area contributed by atoms with E-state index in [2.05, 4.69) is 4.99 Å². The van der Waals surface area contributed by atoms with Gasteiger partial charge in [-0.25, -0.2) is 8.42 Å². The van der Waals surface area contributed by atoms with Gasteiger partial charge >= 0.3 is 0 Å². The molecule has 2 atom stereocenters. The first-order valence-electron chi connectivity index (χ1n) is 9.34. The van der Waals surface area contributed by atoms with E-state index in [-0.39, 0.29) is 22.8 Å². The van der Waals surface area contributed by atoms with Crippen molar-refractivity contribution < 1.29 is 22.7 Å². The zero-order valence-corrected chi connectivity index (χ0v) is 18.0. The van der Waals surface area contributed by atoms with Crippen LogP contribution in [0.1, 0.15) is 10.4 Å². The molecule has 0 unspecified atom stereocenters. The van der Waals surface area contributed by atoms with E-state index in [1.165, 1.54) is 11.8 Å². The van der Waals surface area contributed by atoms with Crippen LogP contribution >= 0.6 is 23.4 Å². The predicted molar refractivity (Wildman–Crippen MR) is 117 cm³/mol. The molecule has 2 fully saturated rings. The van der Waals surface area contributed by atoms with E-state index in [0.29, 0.717) is 40.5 Å². The van der Waals surface area contributed by atoms with Gasteiger partial charge in [0.25, 0.3) is 5.91 Å². The summed E-state index contributed by atoms with van der Waals surface area (Å²) in [7, 11) is -3.15. The van der Waals surface area contributed by atoms with Crippen LogP contribution in [-0.2, 0) is 9.84 Å². The van der Waals surface area contributed by atoms with Crippen LogP contribution in [0.2, 0.25) is 5.02 Å². The number of amides is 1. The predicted octanol–water partition coefficient (Wildman–Crippen LogP) is 3.03. The minimum absolute atomic E-state index is 0.0211. The van der Waals surface area contributed by atoms with E-state index in [4.69, 9.17) is 21.1 Å². The van der Waals surface area contributed by atoms with Gasteiger partial charge in [0, 0.05) is 27.6 Å². The molecule has 30 heavy (non-hydrogen) atoms. The topological polar surface area (TPSA) is 85.3 Å². The molecule has 0 spiro atoms. The van der Waals surface area contributed by atoms with Gasteiger partial charge in [0.05, 0.1) is 17.5 Å². The van der Waals surface area contributed by atoms with E-state index in [1.807, 2.05) is 17.0 Å². The van der Waals surface area contributed by atoms with Crippen molar-refractivity contribution in [1.29, 1.82) is 0 Å². The van der Waals surface area contributed by atoms with Crippen LogP contribution in [-0.4, -0.2) is 55.5 Å². The van der Waals surface area contributed by atoms with Crippen molar-refractivity contribution >= 4 is 50.0 Å². The highest BCUT2D eigenvalue weighted by Gasteiger charge is 2.49. The second-order valence-electron chi connectivity index (χ2n) is 7.20. The Bertz CT molecular complexity index is 1150. The average Bonchev–Trinajstić information content (AvgIpc) is 3.18. The number of thioether (sulfide) groups is 1. The molecule has 1 amide bonds. The number of anilines is 1. The number of hydrogen-bond donors (Lipinski definition) is 0. The number of halogens is 1. The van der Waals surface area contributed by atoms with Crippen molar-refractivity contribution in [3.05, 3.63) is 53.1 Å². The SMILES string of the molecule is O=C(N=C1S[C@H]2CS(=O)(=O)C[C@H]2N1c1ccc2c(c1)OCCO2)c1ccc(Cl)cc1. The van der Waals surface area contributed by atoms with E-state index in [1.54, 1.807) is 30.3 Å². The lowest BCUT2D eigenvalue weighted by molar-refractivity contribution is 0.100. The number of fused-ring (bicyclic) bond motifs is 2. The lowest BCUT2D eigenvalue weighted by Gasteiger charge is -2.26. The third-order valence-electron chi connectivity index (χ3n) is 5.16. The largest absolute Gasteiger partial charge is 0.486 e. The summed E-state index contributed by atoms with van der Waals surface area (Å²) in [6.45, 7) is 0.929. The van der Waals surface area contributed by atoms with Gasteiger partial charge in [-0.1, -0.05) is 23.4 Å². The summed E-state index contributed by atoms with van der Waals surface area (Å²) in [5, 5.41) is 0.837. The minimum Gasteiger partial charge on any atom is -0.486 e. The fourth-order valence-electron chi connectivity index (χ4n) is 3.79. The van der Waals surface area contributed by atoms with Gasteiger partial charge in [0.15, 0.2) is 26.5 Å². The number of carbonyl (C=O) groups excluding carboxylic acids is 1. The first-order valence-corrected chi connectivity index (χ1v) is 12.4. The molecule has 3 heterocycles. The third-order valence-corrected chi connectivity index (χ3v) is 8.62. The molecular formula is C20H17ClN2O5S2. The Morgan fingerprint density at radius 3 is 2.57 bits per heavy atom. The van der Waals surface area contributed by atoms with Crippen LogP contribution in [0.3, 0.4) is 0 Å². The Kier molecular flexibility index (Phi) is 4.91. The number of ether oxygens (including phenoxy) is 2. The number of sulfone groups is 1. The molecule has 3 aliphatic heterocycles. The van der Waals surface area contributed by atoms with E-state index < -0.39 is 15.7 Å². The average molecular weight is 465 g/mol. The standard InChI is InChI=1S/C20H17ClN2O5S2/c21-13-3-1-12(2-4-13)19(24)22-20-23(15-10-30(25,26)11-18(15)29-20)14-5-6-16-17(9-14)28-8-7-27-16/h1-6,9,15,18H,7-8,10-11H2/t15-,18+/m1/s1. The summed E-state index contributed by atoms with van der Waals surface area (Å²) in [6.07, 6.45) is 0. The van der Waals surface area contributed by atoms with Crippen molar-refractivity contribution in [3.8, 4) is 11.5 Å². The number of carbonyl (C=O) groups is 1. The van der Waals surface area contributed by atoms with Gasteiger partial charge in [0.1, 0.15) is 13.2 Å². The van der Waals surface area contributed by atoms with Crippen LogP contribution in [0, 0.1) is 0 Å². The van der Waals surface area contributed by atoms with Gasteiger partial charge in [-0.3, -0.25) is 4.79 Å². The summed E-state index contributed by atoms with van der Waals surface area (Å²) in [4.78, 5) is 18.9. The Hall–Kier alpha value is -2.23. The normalized spacial score (nSPS) is 25.4. The smallest absolute Gasteiger partial charge is 0.279 e. The Balaban J connectivity index is 1.53. The van der Waals surface area contributed by atoms with E-state index >= 15 is 0 Å². The van der Waals surface area contributed by atoms with Crippen molar-refractivity contribution in [2.45, 2.75) is 11.3 Å². The number of nitrogens with zero attached hydrogens (tertiary/aromatic N) is 2. The minimum atomic E-state index is -3.15. The zero-order chi connectivity index (χ0) is 20.9. The number of aliphatic imine (C=N–C) groups is 1. The summed E-state index contributed by atoms with van der Waals surface area (Å²) < 4.78 is 35.7. The maximum Gasteiger partial charge on any atom is 0.279 e. The lowest BCUT2D eigenvalue weighted by atomic mass is 10.2. The summed E-state index contributed by atoms with van der Waals surface area (Å²) in [6, 6.07) is 11.7. The molecule has 0 radical (unpaired) electrons. The van der Waals surface area contributed by atoms with Crippen LogP contribution in [0.25, 0.3) is 0 Å². The fourth-order valence-corrected chi connectivity index (χ4v) is 7.83. The summed E-state index contributed by atoms with van der Waals surface area (Å²) in [5.41, 5.74) is 1.14. The Morgan fingerprint density at radius 1 is 1.07 bits per heavy atom. The molecule has 0 saturated carbocycles. The molecule has 7 nitrogen and oxygen atoms in total. The molecule has 2 saturated heterocycles. The number of amidine groups is 1. The van der Waals surface area contributed by atoms with E-state index in [0.717, 1.165) is 5.69 Å². The van der Waals surface area contributed by atoms with Crippen molar-refractivity contribution in [2.24, 2.45) is 4.99 Å². The Morgan fingerprint density at radius 2 is 1.80 bits per heavy atom. The third kappa shape index (κ3) is 3.66. The van der Waals surface area contributed by atoms with Gasteiger partial charge < -0.3 is 14.4 Å². The second-order valence-corrected chi connectivity index (χ2v) is 11.0. The number of hydrogen-bond acceptors (Lipinski definition) is 6. The van der Waals surface area contributed by atoms with Crippen molar-refractivity contribution in [2.75, 3.05) is 29.6 Å². The Labute approximate surface area is 182 Å². The molecule has 156 valence electrons. The molecule has 0 N–H and O–H groups in total. The van der Waals surface area contributed by atoms with Crippen LogP contribution < -0.4 is 14.4 Å². The molecule has 2 aromatic carbocycles. The molecule has 5 rings (SSSR count). The van der Waals surface area contributed by atoms with Gasteiger partial charge in [-0.15, -0.1) is 0 Å². The summed E-state index contributed by atoms with van der Waals surface area (Å²) in [5.74, 6) is 0.921. The lowest BCUT2D eigenvalue weighted by Crippen LogP contribution is -2.37. The van der Waals surface area contributed by atoms with Gasteiger partial charge in [-0.2, -0.15) is 4.99 Å². The second kappa shape index (κ2) is 7.47. The van der Waals surface area contributed by atoms with E-state index in [9.17, 15) is 13.2 Å². The van der Waals surface area contributed by atoms with Gasteiger partial charge in [0.2, 0.25) is 0 Å². The quantitative estimate of drug-likeness (QED) is 0.675. The van der Waals surface area contributed by atoms with Crippen molar-refractivity contribution in [1.82, 2.24) is 0 Å². The van der Waals surface area contributed by atoms with Crippen molar-refractivity contribution in [3.63, 3.8) is 0 Å². The number of benzene rings is 2. The molecule has 10 heteroatoms. The van der Waals surface area contributed by atoms with Gasteiger partial charge in [-0.05, 0) is 36.4 Å². The molecule has 0 aliphatic carbocycles. The van der Waals surface area contributed by atoms with Crippen LogP contribution in [0.15, 0.2) is 47.5 Å². The summed E-state index contributed by atoms with van der Waals surface area (Å²) >= 11 is 7.23. The first kappa shape index (κ1) is 19.7. The van der Waals surface area contributed by atoms with Crippen LogP contribution in [0.4, 0.5) is 5.69 Å². The maximum atomic E-state index is 12.7. The molecule has 2 aromatic rings.